The van der Waals surface area contributed by atoms with Gasteiger partial charge in [-0.05, 0) is 175 Å². The van der Waals surface area contributed by atoms with Gasteiger partial charge in [-0.2, -0.15) is 0 Å². The summed E-state index contributed by atoms with van der Waals surface area (Å²) in [6.07, 6.45) is 9.02. The summed E-state index contributed by atoms with van der Waals surface area (Å²) in [6.45, 7) is 38.6. The monoisotopic (exact) mass is 823 g/mol. The zero-order chi connectivity index (χ0) is 44.8. The SMILES string of the molecule is C=C/C(C)=C(C)\C(O)=C/CC.CC.CC1=CC(C)C(C)C(C)=C1.COc1cc(C)cc(C)c1C.COc1ccccc1C.CPO.Cc1cc(C)c(C)c(OP)c1. The number of benzene rings is 3. The fourth-order valence-electron chi connectivity index (χ4n) is 5.34. The Labute approximate surface area is 354 Å². The van der Waals surface area contributed by atoms with Gasteiger partial charge in [-0.3, -0.25) is 0 Å². The number of aliphatic hydroxyl groups excluding tert-OH is 1. The van der Waals surface area contributed by atoms with E-state index in [1.54, 1.807) is 33.0 Å². The zero-order valence-electron chi connectivity index (χ0n) is 39.2. The van der Waals surface area contributed by atoms with Gasteiger partial charge >= 0.3 is 0 Å². The van der Waals surface area contributed by atoms with Crippen molar-refractivity contribution in [2.24, 2.45) is 11.8 Å². The Bertz CT molecular complexity index is 1660. The lowest BCUT2D eigenvalue weighted by atomic mass is 9.83. The van der Waals surface area contributed by atoms with Gasteiger partial charge < -0.3 is 24.0 Å². The molecule has 4 rings (SSSR count). The van der Waals surface area contributed by atoms with Crippen LogP contribution in [-0.2, 0) is 0 Å². The van der Waals surface area contributed by atoms with Gasteiger partial charge in [0.1, 0.15) is 23.0 Å². The van der Waals surface area contributed by atoms with E-state index in [0.717, 1.165) is 46.7 Å². The quantitative estimate of drug-likeness (QED) is 0.147. The van der Waals surface area contributed by atoms with Crippen LogP contribution >= 0.6 is 18.3 Å². The first-order valence-electron chi connectivity index (χ1n) is 19.8. The largest absolute Gasteiger partial charge is 0.508 e. The standard InChI is InChI=1S/C10H14O.C10H16O.C10H16.C9H13OP.C8H10O.C2H6.CH5OP/c1-7-5-8(2)9(3)10(6-7)11-4;1-5-7-10(11)9(4)8(3)6-2;1-7-5-8(2)10(4)9(3)6-7;1-6-4-7(2)8(3)9(5-6)10-11;1-7-5-3-4-6-8(7)9-2;1-2;1-3-2/h5-6H,1-4H3;6-7,11H,2,5H2,1,3-4H3;5-6,8,10H,1-4H3;4-5H,11H2,1-3H3;3-6H,1-2H3;1-2H3;2-3H,1H3/b;9-8-,10-7+;;;;;. The van der Waals surface area contributed by atoms with E-state index in [4.69, 9.17) is 18.9 Å². The van der Waals surface area contributed by atoms with Gasteiger partial charge in [-0.15, -0.1) is 0 Å². The summed E-state index contributed by atoms with van der Waals surface area (Å²) >= 11 is 0. The molecule has 1 aliphatic carbocycles. The van der Waals surface area contributed by atoms with Crippen LogP contribution in [0.15, 0.2) is 107 Å². The first-order chi connectivity index (χ1) is 26.8. The van der Waals surface area contributed by atoms with Crippen LogP contribution in [0.1, 0.15) is 108 Å². The third-order valence-corrected chi connectivity index (χ3v) is 9.61. The summed E-state index contributed by atoms with van der Waals surface area (Å²) in [7, 11) is 5.75. The molecule has 3 aromatic rings. The molecular weight excluding hydrogens is 742 g/mol. The Morgan fingerprint density at radius 3 is 1.63 bits per heavy atom. The van der Waals surface area contributed by atoms with E-state index in [0.29, 0.717) is 5.76 Å². The molecule has 320 valence electrons. The number of rotatable bonds is 6. The summed E-state index contributed by atoms with van der Waals surface area (Å²) < 4.78 is 15.4. The Morgan fingerprint density at radius 2 is 1.25 bits per heavy atom. The maximum Gasteiger partial charge on any atom is 0.125 e. The molecule has 0 fully saturated rings. The number of aryl methyl sites for hydroxylation is 5. The fraction of sp³-hybridized carbons (Fsp3) is 0.440. The first-order valence-corrected chi connectivity index (χ1v) is 21.7. The molecule has 4 unspecified atom stereocenters. The van der Waals surface area contributed by atoms with Crippen molar-refractivity contribution in [1.82, 2.24) is 0 Å². The van der Waals surface area contributed by atoms with Crippen LogP contribution in [0.2, 0.25) is 0 Å². The lowest BCUT2D eigenvalue weighted by Crippen LogP contribution is -2.10. The van der Waals surface area contributed by atoms with Crippen molar-refractivity contribution in [2.75, 3.05) is 20.9 Å². The molecule has 0 bridgehead atoms. The number of hydrogen-bond donors (Lipinski definition) is 2. The Balaban J connectivity index is -0.000000622. The molecule has 7 heteroatoms. The molecule has 0 heterocycles. The van der Waals surface area contributed by atoms with Crippen LogP contribution in [0.4, 0.5) is 0 Å². The van der Waals surface area contributed by atoms with E-state index in [1.165, 1.54) is 50.1 Å². The molecule has 1 aliphatic rings. The van der Waals surface area contributed by atoms with Crippen LogP contribution in [0.5, 0.6) is 17.2 Å². The Hall–Kier alpha value is -3.62. The third-order valence-electron chi connectivity index (χ3n) is 9.36. The molecular formula is C50H80O5P2. The van der Waals surface area contributed by atoms with Crippen LogP contribution in [0.3, 0.4) is 0 Å². The van der Waals surface area contributed by atoms with Gasteiger partial charge in [-0.1, -0.05) is 101 Å². The van der Waals surface area contributed by atoms with Crippen molar-refractivity contribution in [3.05, 3.63) is 146 Å². The van der Waals surface area contributed by atoms with Crippen molar-refractivity contribution >= 4 is 18.3 Å². The number of aliphatic hydroxyl groups is 1. The van der Waals surface area contributed by atoms with Gasteiger partial charge in [0.15, 0.2) is 0 Å². The number of hydrogen-bond acceptors (Lipinski definition) is 5. The summed E-state index contributed by atoms with van der Waals surface area (Å²) in [5.74, 6) is 4.73. The third kappa shape index (κ3) is 24.0. The minimum absolute atomic E-state index is 0.0833. The highest BCUT2D eigenvalue weighted by Crippen LogP contribution is 2.28. The number of allylic oxidation sites excluding steroid dienone is 8. The van der Waals surface area contributed by atoms with E-state index in [9.17, 15) is 5.11 Å². The average Bonchev–Trinajstić information content (AvgIpc) is 3.18. The minimum atomic E-state index is 0.0833. The lowest BCUT2D eigenvalue weighted by Gasteiger charge is -2.22. The molecule has 4 atom stereocenters. The van der Waals surface area contributed by atoms with Gasteiger partial charge in [0, 0.05) is 8.81 Å². The molecule has 0 aliphatic heterocycles. The second-order valence-electron chi connectivity index (χ2n) is 13.9. The summed E-state index contributed by atoms with van der Waals surface area (Å²) in [5.41, 5.74) is 13.6. The van der Waals surface area contributed by atoms with Crippen LogP contribution in [0.25, 0.3) is 0 Å². The average molecular weight is 823 g/mol. The molecule has 0 radical (unpaired) electrons. The summed E-state index contributed by atoms with van der Waals surface area (Å²) in [4.78, 5) is 7.60. The van der Waals surface area contributed by atoms with E-state index in [2.05, 4.69) is 116 Å². The van der Waals surface area contributed by atoms with Crippen LogP contribution in [0, 0.1) is 60.3 Å². The van der Waals surface area contributed by atoms with Gasteiger partial charge in [0.25, 0.3) is 0 Å². The smallest absolute Gasteiger partial charge is 0.125 e. The number of methoxy groups -OCH3 is 2. The van der Waals surface area contributed by atoms with Crippen LogP contribution in [-0.4, -0.2) is 30.9 Å². The van der Waals surface area contributed by atoms with Gasteiger partial charge in [-0.25, -0.2) is 0 Å². The molecule has 0 aromatic heterocycles. The van der Waals surface area contributed by atoms with Gasteiger partial charge in [0.2, 0.25) is 0 Å². The zero-order valence-corrected chi connectivity index (χ0v) is 41.3. The Morgan fingerprint density at radius 1 is 0.789 bits per heavy atom. The highest BCUT2D eigenvalue weighted by molar-refractivity contribution is 7.29. The predicted octanol–water partition coefficient (Wildman–Crippen LogP) is 15.2. The molecule has 0 spiro atoms. The van der Waals surface area contributed by atoms with Crippen molar-refractivity contribution in [3.63, 3.8) is 0 Å². The molecule has 0 amide bonds. The van der Waals surface area contributed by atoms with Gasteiger partial charge in [0.05, 0.1) is 23.7 Å². The van der Waals surface area contributed by atoms with Crippen molar-refractivity contribution in [1.29, 1.82) is 0 Å². The minimum Gasteiger partial charge on any atom is -0.508 e. The predicted molar refractivity (Wildman–Crippen MR) is 259 cm³/mol. The second-order valence-corrected chi connectivity index (χ2v) is 14.6. The second kappa shape index (κ2) is 33.4. The topological polar surface area (TPSA) is 68.2 Å². The van der Waals surface area contributed by atoms with E-state index in [-0.39, 0.29) is 8.81 Å². The van der Waals surface area contributed by atoms with E-state index >= 15 is 0 Å². The summed E-state index contributed by atoms with van der Waals surface area (Å²) in [5, 5.41) is 9.37. The molecule has 57 heavy (non-hydrogen) atoms. The van der Waals surface area contributed by atoms with Crippen LogP contribution < -0.4 is 14.0 Å². The fourth-order valence-corrected chi connectivity index (χ4v) is 5.58. The normalized spacial score (nSPS) is 14.4. The molecule has 0 saturated heterocycles. The number of ether oxygens (including phenoxy) is 2. The maximum atomic E-state index is 9.37. The van der Waals surface area contributed by atoms with Crippen molar-refractivity contribution < 1.29 is 24.0 Å². The van der Waals surface area contributed by atoms with E-state index < -0.39 is 0 Å². The summed E-state index contributed by atoms with van der Waals surface area (Å²) in [6, 6.07) is 16.4. The van der Waals surface area contributed by atoms with Crippen molar-refractivity contribution in [3.8, 4) is 17.2 Å². The molecule has 0 saturated carbocycles. The lowest BCUT2D eigenvalue weighted by molar-refractivity contribution is 0.411. The highest BCUT2D eigenvalue weighted by atomic mass is 31.1. The maximum absolute atomic E-state index is 9.37. The van der Waals surface area contributed by atoms with Crippen molar-refractivity contribution in [2.45, 2.75) is 117 Å². The first kappa shape index (κ1) is 57.7. The number of para-hydroxylation sites is 1. The highest BCUT2D eigenvalue weighted by Gasteiger charge is 2.14. The molecule has 5 nitrogen and oxygen atoms in total. The van der Waals surface area contributed by atoms with E-state index in [1.807, 2.05) is 71.9 Å². The molecule has 2 N–H and O–H groups in total. The Kier molecular flexibility index (Phi) is 33.8. The molecule has 3 aromatic carbocycles.